The number of carbonyl (C=O) groups excluding carboxylic acids is 2. The summed E-state index contributed by atoms with van der Waals surface area (Å²) in [6.45, 7) is 5.85. The number of anilines is 2. The van der Waals surface area contributed by atoms with E-state index in [9.17, 15) is 14.0 Å². The molecule has 3 rings (SSSR count). The summed E-state index contributed by atoms with van der Waals surface area (Å²) in [6, 6.07) is 12.4. The average Bonchev–Trinajstić information content (AvgIpc) is 3.12. The van der Waals surface area contributed by atoms with Gasteiger partial charge in [0.15, 0.2) is 0 Å². The van der Waals surface area contributed by atoms with Crippen LogP contribution < -0.4 is 10.2 Å². The van der Waals surface area contributed by atoms with Crippen molar-refractivity contribution in [2.45, 2.75) is 51.8 Å². The lowest BCUT2D eigenvalue weighted by atomic mass is 9.98. The molecule has 0 unspecified atom stereocenters. The maximum atomic E-state index is 14.1. The Morgan fingerprint density at radius 2 is 2.03 bits per heavy atom. The van der Waals surface area contributed by atoms with Crippen molar-refractivity contribution >= 4 is 35.0 Å². The van der Waals surface area contributed by atoms with Crippen LogP contribution in [0.2, 0.25) is 0 Å². The van der Waals surface area contributed by atoms with E-state index in [2.05, 4.69) is 12.2 Å². The zero-order chi connectivity index (χ0) is 21.7. The predicted molar refractivity (Wildman–Crippen MR) is 122 cm³/mol. The Labute approximate surface area is 182 Å². The fourth-order valence-electron chi connectivity index (χ4n) is 3.77. The number of benzene rings is 2. The number of nitrogens with zero attached hydrogens (tertiary/aromatic N) is 1. The molecule has 1 fully saturated rings. The van der Waals surface area contributed by atoms with Crippen molar-refractivity contribution in [1.82, 2.24) is 0 Å². The van der Waals surface area contributed by atoms with Gasteiger partial charge in [-0.05, 0) is 49.6 Å². The van der Waals surface area contributed by atoms with Crippen molar-refractivity contribution < 1.29 is 14.0 Å². The smallest absolute Gasteiger partial charge is 0.238 e. The van der Waals surface area contributed by atoms with Gasteiger partial charge in [-0.2, -0.15) is 0 Å². The largest absolute Gasteiger partial charge is 0.326 e. The molecule has 30 heavy (non-hydrogen) atoms. The van der Waals surface area contributed by atoms with E-state index in [0.717, 1.165) is 36.9 Å². The van der Waals surface area contributed by atoms with Crippen LogP contribution in [0.4, 0.5) is 15.8 Å². The van der Waals surface area contributed by atoms with Gasteiger partial charge in [0.25, 0.3) is 0 Å². The van der Waals surface area contributed by atoms with Gasteiger partial charge >= 0.3 is 0 Å². The number of thioether (sulfide) groups is 1. The highest BCUT2D eigenvalue weighted by molar-refractivity contribution is 8.00. The highest BCUT2D eigenvalue weighted by atomic mass is 32.2. The fourth-order valence-corrected chi connectivity index (χ4v) is 4.93. The molecule has 0 saturated carbocycles. The van der Waals surface area contributed by atoms with Crippen LogP contribution in [0.3, 0.4) is 0 Å². The van der Waals surface area contributed by atoms with Crippen LogP contribution in [0.15, 0.2) is 42.5 Å². The van der Waals surface area contributed by atoms with Gasteiger partial charge in [0.2, 0.25) is 11.8 Å². The second kappa shape index (κ2) is 10.1. The van der Waals surface area contributed by atoms with Gasteiger partial charge in [-0.3, -0.25) is 14.5 Å². The van der Waals surface area contributed by atoms with Crippen LogP contribution >= 0.6 is 11.8 Å². The first-order chi connectivity index (χ1) is 14.5. The van der Waals surface area contributed by atoms with Crippen molar-refractivity contribution in [1.29, 1.82) is 0 Å². The molecule has 6 heteroatoms. The van der Waals surface area contributed by atoms with Gasteiger partial charge in [0.1, 0.15) is 11.2 Å². The Balaban J connectivity index is 1.83. The molecule has 2 aromatic rings. The Bertz CT molecular complexity index is 918. The van der Waals surface area contributed by atoms with Crippen LogP contribution in [0.25, 0.3) is 0 Å². The van der Waals surface area contributed by atoms with Crippen molar-refractivity contribution in [2.75, 3.05) is 16.0 Å². The van der Waals surface area contributed by atoms with Crippen molar-refractivity contribution in [3.8, 4) is 0 Å². The van der Waals surface area contributed by atoms with Crippen molar-refractivity contribution in [2.24, 2.45) is 5.92 Å². The first kappa shape index (κ1) is 22.3. The molecule has 1 saturated heterocycles. The van der Waals surface area contributed by atoms with Gasteiger partial charge in [0.05, 0.1) is 11.4 Å². The summed E-state index contributed by atoms with van der Waals surface area (Å²) in [5.41, 5.74) is 2.69. The SMILES string of the molecule is CCCC[C@H](CC)C(=O)Nc1cccc([C@@H]2SCC(=O)N2c2cccc(F)c2C)c1. The standard InChI is InChI=1S/C24H29FN2O2S/c1-4-6-9-17(5-2)23(29)26-19-11-7-10-18(14-19)24-27(22(28)15-30-24)21-13-8-12-20(25)16(21)3/h7-8,10-14,17,24H,4-6,9,15H2,1-3H3,(H,26,29)/t17-,24-/m0/s1. The number of hydrogen-bond acceptors (Lipinski definition) is 3. The van der Waals surface area contributed by atoms with Crippen LogP contribution in [0.5, 0.6) is 0 Å². The van der Waals surface area contributed by atoms with E-state index in [0.29, 0.717) is 17.0 Å². The minimum absolute atomic E-state index is 0.00230. The van der Waals surface area contributed by atoms with Gasteiger partial charge in [-0.1, -0.05) is 44.9 Å². The van der Waals surface area contributed by atoms with E-state index in [1.807, 2.05) is 31.2 Å². The van der Waals surface area contributed by atoms with Crippen LogP contribution in [0, 0.1) is 18.7 Å². The molecular weight excluding hydrogens is 399 g/mol. The number of hydrogen-bond donors (Lipinski definition) is 1. The minimum atomic E-state index is -0.324. The predicted octanol–water partition coefficient (Wildman–Crippen LogP) is 6.07. The summed E-state index contributed by atoms with van der Waals surface area (Å²) in [4.78, 5) is 27.0. The van der Waals surface area contributed by atoms with E-state index in [-0.39, 0.29) is 28.9 Å². The molecule has 0 aliphatic carbocycles. The number of unbranched alkanes of at least 4 members (excludes halogenated alkanes) is 1. The van der Waals surface area contributed by atoms with E-state index in [4.69, 9.17) is 0 Å². The molecule has 160 valence electrons. The lowest BCUT2D eigenvalue weighted by Gasteiger charge is -2.26. The van der Waals surface area contributed by atoms with E-state index in [1.165, 1.54) is 17.8 Å². The zero-order valence-corrected chi connectivity index (χ0v) is 18.6. The third-order valence-electron chi connectivity index (χ3n) is 5.58. The molecule has 4 nitrogen and oxygen atoms in total. The number of halogens is 1. The van der Waals surface area contributed by atoms with Gasteiger partial charge < -0.3 is 5.32 Å². The number of amides is 2. The molecule has 0 radical (unpaired) electrons. The molecule has 0 bridgehead atoms. The Hall–Kier alpha value is -2.34. The molecule has 2 aromatic carbocycles. The fraction of sp³-hybridized carbons (Fsp3) is 0.417. The number of rotatable bonds is 8. The first-order valence-electron chi connectivity index (χ1n) is 10.6. The second-order valence-corrected chi connectivity index (χ2v) is 8.74. The lowest BCUT2D eigenvalue weighted by Crippen LogP contribution is -2.29. The van der Waals surface area contributed by atoms with E-state index >= 15 is 0 Å². The first-order valence-corrected chi connectivity index (χ1v) is 11.6. The molecular formula is C24H29FN2O2S. The van der Waals surface area contributed by atoms with Crippen molar-refractivity contribution in [3.63, 3.8) is 0 Å². The van der Waals surface area contributed by atoms with Gasteiger partial charge in [-0.25, -0.2) is 4.39 Å². The normalized spacial score (nSPS) is 17.3. The molecule has 1 aliphatic rings. The van der Waals surface area contributed by atoms with Gasteiger partial charge in [0, 0.05) is 17.2 Å². The molecule has 1 aliphatic heterocycles. The number of nitrogens with one attached hydrogen (secondary N) is 1. The van der Waals surface area contributed by atoms with Crippen molar-refractivity contribution in [3.05, 3.63) is 59.4 Å². The van der Waals surface area contributed by atoms with Crippen LogP contribution in [0.1, 0.15) is 56.0 Å². The molecule has 1 heterocycles. The summed E-state index contributed by atoms with van der Waals surface area (Å²) in [5.74, 6) is 0.0125. The molecule has 1 N–H and O–H groups in total. The number of carbonyl (C=O) groups is 2. The summed E-state index contributed by atoms with van der Waals surface area (Å²) >= 11 is 1.51. The maximum absolute atomic E-state index is 14.1. The average molecular weight is 429 g/mol. The Morgan fingerprint density at radius 1 is 1.27 bits per heavy atom. The maximum Gasteiger partial charge on any atom is 0.238 e. The Morgan fingerprint density at radius 3 is 2.77 bits per heavy atom. The topological polar surface area (TPSA) is 49.4 Å². The zero-order valence-electron chi connectivity index (χ0n) is 17.8. The Kier molecular flexibility index (Phi) is 7.53. The highest BCUT2D eigenvalue weighted by Crippen LogP contribution is 2.43. The molecule has 0 aromatic heterocycles. The molecule has 0 spiro atoms. The van der Waals surface area contributed by atoms with Crippen LogP contribution in [-0.2, 0) is 9.59 Å². The third-order valence-corrected chi connectivity index (χ3v) is 6.79. The summed E-state index contributed by atoms with van der Waals surface area (Å²) in [6.07, 6.45) is 3.81. The third kappa shape index (κ3) is 4.86. The monoisotopic (exact) mass is 428 g/mol. The minimum Gasteiger partial charge on any atom is -0.326 e. The highest BCUT2D eigenvalue weighted by Gasteiger charge is 2.35. The quantitative estimate of drug-likeness (QED) is 0.555. The second-order valence-electron chi connectivity index (χ2n) is 7.67. The van der Waals surface area contributed by atoms with E-state index in [1.54, 1.807) is 24.0 Å². The lowest BCUT2D eigenvalue weighted by molar-refractivity contribution is -0.120. The molecule has 2 atom stereocenters. The van der Waals surface area contributed by atoms with E-state index < -0.39 is 0 Å². The summed E-state index contributed by atoms with van der Waals surface area (Å²) < 4.78 is 14.1. The van der Waals surface area contributed by atoms with Crippen LogP contribution in [-0.4, -0.2) is 17.6 Å². The van der Waals surface area contributed by atoms with Gasteiger partial charge in [-0.15, -0.1) is 11.8 Å². The summed E-state index contributed by atoms with van der Waals surface area (Å²) in [7, 11) is 0. The summed E-state index contributed by atoms with van der Waals surface area (Å²) in [5, 5.41) is 2.79. The molecule has 2 amide bonds.